The molecule has 0 aliphatic rings. The Hall–Kier alpha value is -2.30. The summed E-state index contributed by atoms with van der Waals surface area (Å²) in [7, 11) is 0. The average molecular weight is 352 g/mol. The van der Waals surface area contributed by atoms with Gasteiger partial charge in [0.2, 0.25) is 0 Å². The predicted octanol–water partition coefficient (Wildman–Crippen LogP) is 5.51. The van der Waals surface area contributed by atoms with Gasteiger partial charge < -0.3 is 0 Å². The van der Waals surface area contributed by atoms with Crippen LogP contribution in [-0.4, -0.2) is 14.4 Å². The number of hydrogen-bond donors (Lipinski definition) is 0. The van der Waals surface area contributed by atoms with Crippen molar-refractivity contribution in [1.29, 1.82) is 0 Å². The second kappa shape index (κ2) is 6.30. The highest BCUT2D eigenvalue weighted by Crippen LogP contribution is 2.31. The minimum atomic E-state index is 0.713. The molecule has 0 N–H and O–H groups in total. The second-order valence-corrected chi connectivity index (χ2v) is 7.02. The molecule has 0 spiro atoms. The number of rotatable bonds is 3. The fourth-order valence-corrected chi connectivity index (χ4v) is 3.50. The molecule has 0 unspecified atom stereocenters. The van der Waals surface area contributed by atoms with Crippen molar-refractivity contribution in [3.05, 3.63) is 77.7 Å². The van der Waals surface area contributed by atoms with E-state index >= 15 is 0 Å². The van der Waals surface area contributed by atoms with Crippen LogP contribution in [0.3, 0.4) is 0 Å². The monoisotopic (exact) mass is 351 g/mol. The Morgan fingerprint density at radius 1 is 0.958 bits per heavy atom. The number of aromatic nitrogens is 3. The first kappa shape index (κ1) is 15.2. The average Bonchev–Trinajstić information content (AvgIpc) is 3.08. The van der Waals surface area contributed by atoms with E-state index in [0.29, 0.717) is 5.02 Å². The number of hydrogen-bond acceptors (Lipinski definition) is 3. The fourth-order valence-electron chi connectivity index (χ4n) is 2.51. The van der Waals surface area contributed by atoms with Crippen LogP contribution in [0.25, 0.3) is 16.9 Å². The van der Waals surface area contributed by atoms with Crippen LogP contribution in [0.5, 0.6) is 0 Å². The molecule has 2 aromatic heterocycles. The highest BCUT2D eigenvalue weighted by atomic mass is 35.5. The van der Waals surface area contributed by atoms with Crippen LogP contribution in [0, 0.1) is 6.92 Å². The molecule has 0 aliphatic heterocycles. The lowest BCUT2D eigenvalue weighted by Gasteiger charge is -2.09. The Labute approximate surface area is 149 Å². The molecular weight excluding hydrogens is 338 g/mol. The number of benzene rings is 2. The summed E-state index contributed by atoms with van der Waals surface area (Å²) in [4.78, 5) is 10.3. The zero-order chi connectivity index (χ0) is 16.5. The van der Waals surface area contributed by atoms with Crippen LogP contribution in [-0.2, 0) is 0 Å². The molecule has 0 atom stereocenters. The minimum Gasteiger partial charge on any atom is -0.291 e. The van der Waals surface area contributed by atoms with Crippen LogP contribution < -0.4 is 0 Å². The van der Waals surface area contributed by atoms with Gasteiger partial charge in [0, 0.05) is 27.9 Å². The summed E-state index contributed by atoms with van der Waals surface area (Å²) in [5.74, 6) is 0. The van der Waals surface area contributed by atoms with E-state index < -0.39 is 0 Å². The molecule has 24 heavy (non-hydrogen) atoms. The van der Waals surface area contributed by atoms with Gasteiger partial charge in [0.15, 0.2) is 5.65 Å². The molecular formula is C19H14ClN3S. The smallest absolute Gasteiger partial charge is 0.164 e. The van der Waals surface area contributed by atoms with E-state index in [1.165, 1.54) is 10.5 Å². The number of aryl methyl sites for hydroxylation is 1. The van der Waals surface area contributed by atoms with Crippen molar-refractivity contribution in [2.45, 2.75) is 16.8 Å². The number of halogens is 1. The highest BCUT2D eigenvalue weighted by molar-refractivity contribution is 7.99. The van der Waals surface area contributed by atoms with Crippen molar-refractivity contribution in [1.82, 2.24) is 14.4 Å². The lowest BCUT2D eigenvalue weighted by Crippen LogP contribution is -1.95. The zero-order valence-electron chi connectivity index (χ0n) is 13.0. The van der Waals surface area contributed by atoms with Gasteiger partial charge in [-0.05, 0) is 31.2 Å². The molecule has 0 amide bonds. The minimum absolute atomic E-state index is 0.713. The Kier molecular flexibility index (Phi) is 4.00. The fraction of sp³-hybridized carbons (Fsp3) is 0.0526. The first-order chi connectivity index (χ1) is 11.7. The molecule has 4 rings (SSSR count). The van der Waals surface area contributed by atoms with E-state index in [2.05, 4.69) is 45.6 Å². The molecule has 0 aliphatic carbocycles. The second-order valence-electron chi connectivity index (χ2n) is 5.49. The Morgan fingerprint density at radius 3 is 2.46 bits per heavy atom. The van der Waals surface area contributed by atoms with Crippen molar-refractivity contribution >= 4 is 29.0 Å². The van der Waals surface area contributed by atoms with E-state index in [-0.39, 0.29) is 0 Å². The lowest BCUT2D eigenvalue weighted by molar-refractivity contribution is 0.984. The van der Waals surface area contributed by atoms with Gasteiger partial charge in [-0.2, -0.15) is 0 Å². The van der Waals surface area contributed by atoms with Gasteiger partial charge in [0.25, 0.3) is 0 Å². The first-order valence-electron chi connectivity index (χ1n) is 7.53. The van der Waals surface area contributed by atoms with Crippen molar-refractivity contribution in [2.24, 2.45) is 0 Å². The maximum Gasteiger partial charge on any atom is 0.164 e. The lowest BCUT2D eigenvalue weighted by atomic mass is 10.1. The van der Waals surface area contributed by atoms with Gasteiger partial charge in [-0.25, -0.2) is 9.97 Å². The Bertz CT molecular complexity index is 991. The summed E-state index contributed by atoms with van der Waals surface area (Å²) in [6.45, 7) is 2.09. The van der Waals surface area contributed by atoms with Gasteiger partial charge in [0.05, 0.1) is 6.20 Å². The van der Waals surface area contributed by atoms with Gasteiger partial charge >= 0.3 is 0 Å². The molecule has 3 nitrogen and oxygen atoms in total. The summed E-state index contributed by atoms with van der Waals surface area (Å²) in [6, 6.07) is 16.1. The molecule has 5 heteroatoms. The quantitative estimate of drug-likeness (QED) is 0.487. The van der Waals surface area contributed by atoms with Gasteiger partial charge in [-0.1, -0.05) is 53.2 Å². The molecule has 2 aromatic carbocycles. The molecule has 0 bridgehead atoms. The molecule has 118 valence electrons. The third-order valence-electron chi connectivity index (χ3n) is 3.76. The molecule has 4 aromatic rings. The summed E-state index contributed by atoms with van der Waals surface area (Å²) >= 11 is 7.65. The Balaban J connectivity index is 1.77. The maximum atomic E-state index is 5.98. The van der Waals surface area contributed by atoms with Crippen LogP contribution in [0.15, 0.2) is 77.0 Å². The topological polar surface area (TPSA) is 30.2 Å². The third-order valence-corrected chi connectivity index (χ3v) is 5.03. The van der Waals surface area contributed by atoms with Crippen molar-refractivity contribution in [3.63, 3.8) is 0 Å². The van der Waals surface area contributed by atoms with Crippen molar-refractivity contribution < 1.29 is 0 Å². The van der Waals surface area contributed by atoms with Gasteiger partial charge in [-0.3, -0.25) is 4.40 Å². The standard InChI is InChI=1S/C19H14ClN3S/c1-13-2-8-16(9-3-13)24-17-12-22-18(19-21-10-11-23(17)19)14-4-6-15(20)7-5-14/h2-12H,1H3. The normalized spacial score (nSPS) is 11.1. The number of nitrogens with zero attached hydrogens (tertiary/aromatic N) is 3. The predicted molar refractivity (Wildman–Crippen MR) is 98.7 cm³/mol. The largest absolute Gasteiger partial charge is 0.291 e. The first-order valence-corrected chi connectivity index (χ1v) is 8.73. The Morgan fingerprint density at radius 2 is 1.71 bits per heavy atom. The van der Waals surface area contributed by atoms with Gasteiger partial charge in [0.1, 0.15) is 10.7 Å². The third kappa shape index (κ3) is 2.90. The molecule has 0 saturated heterocycles. The summed E-state index contributed by atoms with van der Waals surface area (Å²) < 4.78 is 2.07. The molecule has 0 fully saturated rings. The molecule has 2 heterocycles. The maximum absolute atomic E-state index is 5.98. The van der Waals surface area contributed by atoms with Crippen molar-refractivity contribution in [3.8, 4) is 11.3 Å². The van der Waals surface area contributed by atoms with Gasteiger partial charge in [-0.15, -0.1) is 0 Å². The van der Waals surface area contributed by atoms with Crippen LogP contribution in [0.1, 0.15) is 5.56 Å². The van der Waals surface area contributed by atoms with Crippen LogP contribution in [0.2, 0.25) is 5.02 Å². The van der Waals surface area contributed by atoms with E-state index in [9.17, 15) is 0 Å². The van der Waals surface area contributed by atoms with Crippen LogP contribution in [0.4, 0.5) is 0 Å². The summed E-state index contributed by atoms with van der Waals surface area (Å²) in [6.07, 6.45) is 5.66. The van der Waals surface area contributed by atoms with Crippen molar-refractivity contribution in [2.75, 3.05) is 0 Å². The van der Waals surface area contributed by atoms with E-state index in [1.807, 2.05) is 36.7 Å². The number of fused-ring (bicyclic) bond motifs is 1. The van der Waals surface area contributed by atoms with Crippen LogP contribution >= 0.6 is 23.4 Å². The van der Waals surface area contributed by atoms with E-state index in [1.54, 1.807) is 18.0 Å². The highest BCUT2D eigenvalue weighted by Gasteiger charge is 2.11. The van der Waals surface area contributed by atoms with E-state index in [4.69, 9.17) is 11.6 Å². The zero-order valence-corrected chi connectivity index (χ0v) is 14.6. The summed E-state index contributed by atoms with van der Waals surface area (Å²) in [5.41, 5.74) is 3.95. The molecule has 0 saturated carbocycles. The molecule has 0 radical (unpaired) electrons. The van der Waals surface area contributed by atoms with E-state index in [0.717, 1.165) is 21.9 Å². The summed E-state index contributed by atoms with van der Waals surface area (Å²) in [5, 5.41) is 1.74. The SMILES string of the molecule is Cc1ccc(Sc2cnc(-c3ccc(Cl)cc3)c3nccn23)cc1. The number of imidazole rings is 1.